The van der Waals surface area contributed by atoms with Crippen LogP contribution in [-0.2, 0) is 5.75 Å². The first-order chi connectivity index (χ1) is 17.6. The molecule has 2 saturated carbocycles. The van der Waals surface area contributed by atoms with Crippen molar-refractivity contribution in [1.29, 1.82) is 0 Å². The normalized spacial score (nSPS) is 25.7. The monoisotopic (exact) mass is 536 g/mol. The quantitative estimate of drug-likeness (QED) is 0.301. The summed E-state index contributed by atoms with van der Waals surface area (Å²) in [7, 11) is 0. The van der Waals surface area contributed by atoms with Crippen LogP contribution in [0.1, 0.15) is 58.3 Å². The molecule has 36 heavy (non-hydrogen) atoms. The molecule has 0 aromatic heterocycles. The number of halogens is 2. The molecule has 2 bridgehead atoms. The van der Waals surface area contributed by atoms with Crippen molar-refractivity contribution in [1.82, 2.24) is 5.32 Å². The number of amides is 1. The lowest BCUT2D eigenvalue weighted by atomic mass is 9.68. The molecule has 6 rings (SSSR count). The van der Waals surface area contributed by atoms with Crippen LogP contribution in [0.25, 0.3) is 0 Å². The molecular formula is C30H30Cl2N2OS. The van der Waals surface area contributed by atoms with Gasteiger partial charge in [-0.1, -0.05) is 59.6 Å². The highest BCUT2D eigenvalue weighted by molar-refractivity contribution is 7.98. The molecule has 186 valence electrons. The maximum absolute atomic E-state index is 13.0. The van der Waals surface area contributed by atoms with Crippen LogP contribution < -0.4 is 10.6 Å². The van der Waals surface area contributed by atoms with E-state index < -0.39 is 0 Å². The summed E-state index contributed by atoms with van der Waals surface area (Å²) in [5, 5.41) is 8.31. The lowest BCUT2D eigenvalue weighted by molar-refractivity contribution is 0.0956. The van der Waals surface area contributed by atoms with Gasteiger partial charge in [0, 0.05) is 39.3 Å². The highest BCUT2D eigenvalue weighted by atomic mass is 35.5. The van der Waals surface area contributed by atoms with E-state index in [4.69, 9.17) is 23.2 Å². The van der Waals surface area contributed by atoms with Gasteiger partial charge in [-0.2, -0.15) is 11.8 Å². The van der Waals surface area contributed by atoms with E-state index in [1.165, 1.54) is 36.1 Å². The SMILES string of the molecule is O=C(NCCSCc1ccc(Cl)cc1Cl)c1ccc2c(c1)[C@@H]1[C@H]3CC[C@@H](C3)[C@@H]1[C@@H](c1ccccc1)N2. The third kappa shape index (κ3) is 4.64. The van der Waals surface area contributed by atoms with Crippen molar-refractivity contribution in [3.63, 3.8) is 0 Å². The molecule has 1 aliphatic heterocycles. The van der Waals surface area contributed by atoms with Crippen LogP contribution in [0, 0.1) is 17.8 Å². The van der Waals surface area contributed by atoms with Gasteiger partial charge in [0.2, 0.25) is 0 Å². The lowest BCUT2D eigenvalue weighted by Gasteiger charge is -2.43. The Balaban J connectivity index is 1.12. The summed E-state index contributed by atoms with van der Waals surface area (Å²) in [5.41, 5.74) is 5.75. The van der Waals surface area contributed by atoms with E-state index in [9.17, 15) is 4.79 Å². The van der Waals surface area contributed by atoms with Gasteiger partial charge in [-0.3, -0.25) is 4.79 Å². The van der Waals surface area contributed by atoms with E-state index >= 15 is 0 Å². The molecule has 0 saturated heterocycles. The first-order valence-electron chi connectivity index (χ1n) is 12.8. The van der Waals surface area contributed by atoms with Crippen LogP contribution in [-0.4, -0.2) is 18.2 Å². The summed E-state index contributed by atoms with van der Waals surface area (Å²) < 4.78 is 0. The molecule has 3 aromatic carbocycles. The number of benzene rings is 3. The standard InChI is InChI=1S/C30H30Cl2N2OS/c31-23-10-8-22(25(32)16-23)17-36-13-12-33-30(35)21-9-11-26-24(15-21)27-19-6-7-20(14-19)28(27)29(34-26)18-4-2-1-3-5-18/h1-5,8-11,15-16,19-20,27-29,34H,6-7,12-14,17H2,(H,33,35)/t19-,20-,27-,28-,29+/m0/s1. The van der Waals surface area contributed by atoms with Crippen molar-refractivity contribution in [3.05, 3.63) is 99.0 Å². The van der Waals surface area contributed by atoms with E-state index in [0.717, 1.165) is 34.5 Å². The number of carbonyl (C=O) groups is 1. The molecule has 3 aliphatic rings. The number of fused-ring (bicyclic) bond motifs is 7. The van der Waals surface area contributed by atoms with Crippen LogP contribution in [0.5, 0.6) is 0 Å². The Morgan fingerprint density at radius 1 is 1.00 bits per heavy atom. The number of hydrogen-bond acceptors (Lipinski definition) is 3. The summed E-state index contributed by atoms with van der Waals surface area (Å²) in [6, 6.07) is 23.1. The number of anilines is 1. The van der Waals surface area contributed by atoms with E-state index in [2.05, 4.69) is 53.1 Å². The molecule has 3 nitrogen and oxygen atoms in total. The first-order valence-corrected chi connectivity index (χ1v) is 14.7. The fourth-order valence-corrected chi connectivity index (χ4v) is 8.19. The van der Waals surface area contributed by atoms with Gasteiger partial charge < -0.3 is 10.6 Å². The minimum Gasteiger partial charge on any atom is -0.378 e. The molecule has 1 heterocycles. The number of rotatable bonds is 7. The third-order valence-corrected chi connectivity index (χ3v) is 9.91. The Hall–Kier alpha value is -2.14. The van der Waals surface area contributed by atoms with Crippen LogP contribution in [0.3, 0.4) is 0 Å². The number of thioether (sulfide) groups is 1. The minimum atomic E-state index is 0.00724. The molecule has 2 N–H and O–H groups in total. The Morgan fingerprint density at radius 3 is 2.67 bits per heavy atom. The van der Waals surface area contributed by atoms with E-state index in [1.54, 1.807) is 17.8 Å². The van der Waals surface area contributed by atoms with Crippen molar-refractivity contribution >= 4 is 46.6 Å². The number of nitrogens with one attached hydrogen (secondary N) is 2. The Morgan fingerprint density at radius 2 is 1.83 bits per heavy atom. The van der Waals surface area contributed by atoms with Crippen LogP contribution in [0.2, 0.25) is 10.0 Å². The number of hydrogen-bond donors (Lipinski definition) is 2. The van der Waals surface area contributed by atoms with Crippen LogP contribution in [0.4, 0.5) is 5.69 Å². The largest absolute Gasteiger partial charge is 0.378 e. The molecule has 5 atom stereocenters. The topological polar surface area (TPSA) is 41.1 Å². The summed E-state index contributed by atoms with van der Waals surface area (Å²) in [6.45, 7) is 0.622. The van der Waals surface area contributed by atoms with Crippen LogP contribution in [0.15, 0.2) is 66.7 Å². The Labute approximate surface area is 227 Å². The van der Waals surface area contributed by atoms with Gasteiger partial charge in [0.15, 0.2) is 0 Å². The smallest absolute Gasteiger partial charge is 0.251 e. The second-order valence-corrected chi connectivity index (χ2v) is 12.3. The second kappa shape index (κ2) is 10.3. The summed E-state index contributed by atoms with van der Waals surface area (Å²) in [5.74, 6) is 4.28. The van der Waals surface area contributed by atoms with Crippen molar-refractivity contribution < 1.29 is 4.79 Å². The van der Waals surface area contributed by atoms with Crippen molar-refractivity contribution in [3.8, 4) is 0 Å². The zero-order valence-electron chi connectivity index (χ0n) is 20.1. The van der Waals surface area contributed by atoms with Crippen molar-refractivity contribution in [2.75, 3.05) is 17.6 Å². The second-order valence-electron chi connectivity index (χ2n) is 10.3. The summed E-state index contributed by atoms with van der Waals surface area (Å²) in [4.78, 5) is 13.0. The molecule has 2 fully saturated rings. The molecule has 0 radical (unpaired) electrons. The van der Waals surface area contributed by atoms with Gasteiger partial charge >= 0.3 is 0 Å². The van der Waals surface area contributed by atoms with E-state index in [-0.39, 0.29) is 5.91 Å². The summed E-state index contributed by atoms with van der Waals surface area (Å²) in [6.07, 6.45) is 3.98. The van der Waals surface area contributed by atoms with Gasteiger partial charge in [0.25, 0.3) is 5.91 Å². The Kier molecular flexibility index (Phi) is 6.94. The van der Waals surface area contributed by atoms with Gasteiger partial charge in [0.05, 0.1) is 6.04 Å². The molecular weight excluding hydrogens is 507 g/mol. The highest BCUT2D eigenvalue weighted by Crippen LogP contribution is 2.63. The van der Waals surface area contributed by atoms with Gasteiger partial charge in [-0.15, -0.1) is 0 Å². The first kappa shape index (κ1) is 24.2. The predicted octanol–water partition coefficient (Wildman–Crippen LogP) is 7.95. The predicted molar refractivity (Wildman–Crippen MR) is 151 cm³/mol. The van der Waals surface area contributed by atoms with Gasteiger partial charge in [0.1, 0.15) is 0 Å². The van der Waals surface area contributed by atoms with Gasteiger partial charge in [-0.05, 0) is 90.0 Å². The molecule has 2 aliphatic carbocycles. The lowest BCUT2D eigenvalue weighted by Crippen LogP contribution is -2.35. The number of carbonyl (C=O) groups excluding carboxylic acids is 1. The van der Waals surface area contributed by atoms with Crippen molar-refractivity contribution in [2.45, 2.75) is 37.0 Å². The van der Waals surface area contributed by atoms with E-state index in [0.29, 0.717) is 34.5 Å². The molecule has 0 spiro atoms. The van der Waals surface area contributed by atoms with Gasteiger partial charge in [-0.25, -0.2) is 0 Å². The fraction of sp³-hybridized carbons (Fsp3) is 0.367. The zero-order valence-corrected chi connectivity index (χ0v) is 22.4. The maximum atomic E-state index is 13.0. The average Bonchev–Trinajstić information content (AvgIpc) is 3.52. The molecule has 6 heteroatoms. The molecule has 1 amide bonds. The molecule has 0 unspecified atom stereocenters. The summed E-state index contributed by atoms with van der Waals surface area (Å²) >= 11 is 14.0. The van der Waals surface area contributed by atoms with Crippen molar-refractivity contribution in [2.24, 2.45) is 17.8 Å². The fourth-order valence-electron chi connectivity index (χ4n) is 6.78. The highest BCUT2D eigenvalue weighted by Gasteiger charge is 2.53. The maximum Gasteiger partial charge on any atom is 0.251 e. The average molecular weight is 538 g/mol. The van der Waals surface area contributed by atoms with Crippen LogP contribution >= 0.6 is 35.0 Å². The Bertz CT molecular complexity index is 1270. The third-order valence-electron chi connectivity index (χ3n) is 8.31. The zero-order chi connectivity index (χ0) is 24.6. The molecule has 3 aromatic rings. The minimum absolute atomic E-state index is 0.00724. The van der Waals surface area contributed by atoms with E-state index in [1.807, 2.05) is 18.2 Å².